The van der Waals surface area contributed by atoms with Crippen molar-refractivity contribution in [2.75, 3.05) is 66.4 Å². The van der Waals surface area contributed by atoms with Gasteiger partial charge < -0.3 is 50.7 Å². The van der Waals surface area contributed by atoms with E-state index in [0.29, 0.717) is 52.6 Å². The number of rotatable bonds is 23. The molecule has 3 fully saturated rings. The van der Waals surface area contributed by atoms with Gasteiger partial charge in [0.25, 0.3) is 0 Å². The minimum absolute atomic E-state index is 0.0334. The Morgan fingerprint density at radius 2 is 0.838 bits per heavy atom. The number of nitrogens with zero attached hydrogens (tertiary/aromatic N) is 7. The largest absolute Gasteiger partial charge is 0.416 e. The van der Waals surface area contributed by atoms with E-state index < -0.39 is 29.5 Å². The van der Waals surface area contributed by atoms with Crippen LogP contribution in [0.5, 0.6) is 0 Å². The lowest BCUT2D eigenvalue weighted by molar-refractivity contribution is -0.138. The first-order valence-corrected chi connectivity index (χ1v) is 35.8. The lowest BCUT2D eigenvalue weighted by Crippen LogP contribution is -2.50. The van der Waals surface area contributed by atoms with Crippen LogP contribution in [0.25, 0.3) is 0 Å². The van der Waals surface area contributed by atoms with Gasteiger partial charge in [0, 0.05) is 130 Å². The smallest absolute Gasteiger partial charge is 0.325 e. The van der Waals surface area contributed by atoms with Crippen molar-refractivity contribution in [2.45, 2.75) is 187 Å². The minimum atomic E-state index is -4.50. The van der Waals surface area contributed by atoms with Gasteiger partial charge in [0.1, 0.15) is 5.88 Å². The van der Waals surface area contributed by atoms with Crippen molar-refractivity contribution in [2.24, 2.45) is 0 Å². The van der Waals surface area contributed by atoms with E-state index in [1.807, 2.05) is 59.6 Å². The Balaban J connectivity index is 0.000000210. The van der Waals surface area contributed by atoms with Crippen LogP contribution in [0.2, 0.25) is 10.0 Å². The summed E-state index contributed by atoms with van der Waals surface area (Å²) in [6.07, 6.45) is 6.63. The number of alkyl halides is 7. The summed E-state index contributed by atoms with van der Waals surface area (Å²) in [6, 6.07) is 36.0. The van der Waals surface area contributed by atoms with Crippen molar-refractivity contribution in [1.82, 2.24) is 34.4 Å². The average molecular weight is 1440 g/mol. The van der Waals surface area contributed by atoms with E-state index in [9.17, 15) is 45.5 Å². The highest BCUT2D eigenvalue weighted by Crippen LogP contribution is 2.34. The molecule has 6 aromatic rings. The number of aromatic nitrogens is 1. The maximum absolute atomic E-state index is 13.4. The van der Waals surface area contributed by atoms with E-state index in [1.54, 1.807) is 52.4 Å². The third-order valence-corrected chi connectivity index (χ3v) is 19.6. The summed E-state index contributed by atoms with van der Waals surface area (Å²) in [5, 5.41) is 12.0. The van der Waals surface area contributed by atoms with Gasteiger partial charge in [-0.1, -0.05) is 124 Å². The first-order valence-electron chi connectivity index (χ1n) is 34.5. The average Bonchev–Trinajstić information content (AvgIpc) is 0.844. The van der Waals surface area contributed by atoms with Crippen molar-refractivity contribution in [3.05, 3.63) is 184 Å². The number of amides is 7. The zero-order valence-electron chi connectivity index (χ0n) is 57.5. The van der Waals surface area contributed by atoms with Crippen LogP contribution in [0.3, 0.4) is 0 Å². The number of urea groups is 3. The number of hydrogen-bond acceptors (Lipinski definition) is 8. The van der Waals surface area contributed by atoms with Gasteiger partial charge in [-0.05, 0) is 168 Å². The molecular formula is C75H96Cl3F6N11O4. The Morgan fingerprint density at radius 1 is 0.465 bits per heavy atom. The van der Waals surface area contributed by atoms with Gasteiger partial charge in [-0.2, -0.15) is 26.3 Å². The van der Waals surface area contributed by atoms with Gasteiger partial charge in [0.05, 0.1) is 21.2 Å². The van der Waals surface area contributed by atoms with Gasteiger partial charge in [-0.25, -0.2) is 14.4 Å². The topological polar surface area (TPSA) is 149 Å². The quantitative estimate of drug-likeness (QED) is 0.0366. The Morgan fingerprint density at radius 3 is 1.22 bits per heavy atom. The summed E-state index contributed by atoms with van der Waals surface area (Å²) in [7, 11) is 0. The first-order chi connectivity index (χ1) is 47.3. The van der Waals surface area contributed by atoms with Crippen molar-refractivity contribution >= 4 is 81.6 Å². The van der Waals surface area contributed by atoms with E-state index in [-0.39, 0.29) is 59.9 Å². The molecule has 4 N–H and O–H groups in total. The number of carbonyl (C=O) groups is 4. The van der Waals surface area contributed by atoms with Crippen LogP contribution in [-0.4, -0.2) is 140 Å². The lowest BCUT2D eigenvalue weighted by atomic mass is 10.00. The Hall–Kier alpha value is -7.14. The number of anilines is 4. The molecule has 0 radical (unpaired) electrons. The van der Waals surface area contributed by atoms with Crippen LogP contribution in [0.15, 0.2) is 146 Å². The van der Waals surface area contributed by atoms with E-state index >= 15 is 0 Å². The highest BCUT2D eigenvalue weighted by atomic mass is 35.5. The van der Waals surface area contributed by atoms with E-state index in [2.05, 4.69) is 82.5 Å². The third kappa shape index (κ3) is 25.2. The third-order valence-electron chi connectivity index (χ3n) is 18.6. The van der Waals surface area contributed by atoms with E-state index in [4.69, 9.17) is 34.8 Å². The summed E-state index contributed by atoms with van der Waals surface area (Å²) in [4.78, 5) is 68.6. The number of benzene rings is 5. The Kier molecular flexibility index (Phi) is 31.3. The van der Waals surface area contributed by atoms with Crippen molar-refractivity contribution in [1.29, 1.82) is 0 Å². The Bertz CT molecular complexity index is 3470. The monoisotopic (exact) mass is 1430 g/mol. The molecule has 3 aliphatic rings. The molecule has 0 bridgehead atoms. The molecule has 0 spiro atoms. The second-order valence-electron chi connectivity index (χ2n) is 25.9. The number of halogens is 9. The molecule has 24 heteroatoms. The summed E-state index contributed by atoms with van der Waals surface area (Å²) in [5.41, 5.74) is 2.63. The minimum Gasteiger partial charge on any atom is -0.325 e. The zero-order chi connectivity index (χ0) is 71.7. The second-order valence-corrected chi connectivity index (χ2v) is 27.0. The summed E-state index contributed by atoms with van der Waals surface area (Å²) < 4.78 is 78.8. The predicted octanol–water partition coefficient (Wildman–Crippen LogP) is 19.0. The summed E-state index contributed by atoms with van der Waals surface area (Å²) >= 11 is 17.7. The van der Waals surface area contributed by atoms with Gasteiger partial charge in [0.15, 0.2) is 0 Å². The number of hydrogen-bond donors (Lipinski definition) is 4. The van der Waals surface area contributed by atoms with Gasteiger partial charge in [0.2, 0.25) is 5.91 Å². The van der Waals surface area contributed by atoms with Gasteiger partial charge in [-0.3, -0.25) is 9.78 Å². The number of pyridine rings is 1. The van der Waals surface area contributed by atoms with Crippen LogP contribution in [0.1, 0.15) is 146 Å². The fourth-order valence-corrected chi connectivity index (χ4v) is 13.5. The molecule has 3 saturated heterocycles. The zero-order valence-corrected chi connectivity index (χ0v) is 59.8. The Labute approximate surface area is 595 Å². The number of nitrogens with one attached hydrogen (secondary N) is 4. The first kappa shape index (κ1) is 79.2. The molecule has 0 saturated carbocycles. The molecule has 0 aliphatic carbocycles. The lowest BCUT2D eigenvalue weighted by Gasteiger charge is -2.40. The summed E-state index contributed by atoms with van der Waals surface area (Å²) in [6.45, 7) is 20.0. The molecule has 99 heavy (non-hydrogen) atoms. The molecule has 7 amide bonds. The van der Waals surface area contributed by atoms with Crippen LogP contribution < -0.4 is 21.3 Å². The SMILES string of the molecule is CCCC(C)N1CCC(N(Cc2cccc(NC(=O)CCl)c2)C(=O)Nc2cccc(C(F)(F)F)c2)CC1.CCCC(C)N1CCC(N(Cc2ccccc2)C(=O)Nc2cccc(C(F)(F)F)c2)CC1.CCCC(C)N1CCC(N(Cc2cccnc2)C(=O)Nc2ccc(Cl)c(Cl)c2)CC1. The molecule has 3 aliphatic heterocycles. The highest BCUT2D eigenvalue weighted by molar-refractivity contribution is 6.42. The maximum atomic E-state index is 13.4. The van der Waals surface area contributed by atoms with Crippen LogP contribution in [-0.2, 0) is 36.8 Å². The molecule has 5 aromatic carbocycles. The number of piperidine rings is 3. The second kappa shape index (κ2) is 39.2. The van der Waals surface area contributed by atoms with Crippen molar-refractivity contribution < 1.29 is 45.5 Å². The molecule has 538 valence electrons. The fourth-order valence-electron chi connectivity index (χ4n) is 13.1. The van der Waals surface area contributed by atoms with Crippen LogP contribution in [0.4, 0.5) is 63.5 Å². The van der Waals surface area contributed by atoms with Crippen LogP contribution in [0, 0.1) is 0 Å². The van der Waals surface area contributed by atoms with Crippen molar-refractivity contribution in [3.63, 3.8) is 0 Å². The molecule has 4 heterocycles. The van der Waals surface area contributed by atoms with Gasteiger partial charge in [-0.15, -0.1) is 11.6 Å². The molecule has 1 aromatic heterocycles. The van der Waals surface area contributed by atoms with Crippen LogP contribution >= 0.6 is 34.8 Å². The fraction of sp³-hybridized carbons (Fsp3) is 0.480. The number of likely N-dealkylation sites (tertiary alicyclic amines) is 3. The maximum Gasteiger partial charge on any atom is 0.416 e. The summed E-state index contributed by atoms with van der Waals surface area (Å²) in [5.74, 6) is -0.517. The molecule has 3 atom stereocenters. The predicted molar refractivity (Wildman–Crippen MR) is 386 cm³/mol. The van der Waals surface area contributed by atoms with E-state index in [0.717, 1.165) is 144 Å². The molecule has 3 unspecified atom stereocenters. The molecular weight excluding hydrogens is 1340 g/mol. The van der Waals surface area contributed by atoms with Gasteiger partial charge >= 0.3 is 30.4 Å². The standard InChI is InChI=1S/C27H34ClF3N4O2.C25H32F3N3O.C23H30Cl2N4O/c1-3-6-19(2)34-13-11-24(12-14-34)35(18-20-7-4-9-22(15-20)32-25(36)17-28)26(37)33-23-10-5-8-21(16-23)27(29,30)31;1-3-8-19(2)30-15-13-23(14-16-30)31(18-20-9-5-4-6-10-20)24(32)29-22-12-7-11-21(17-22)25(26,27)28;1-3-5-17(2)28-12-9-20(10-13-28)29(16-18-6-4-11-26-15-18)23(30)27-19-7-8-21(24)22(25)14-19/h4-5,7-10,15-16,19,24H,3,6,11-14,17-18H2,1-2H3,(H,32,36)(H,33,37);4-7,9-12,17,19,23H,3,8,13-16,18H2,1-2H3,(H,29,32);4,6-8,11,14-15,17,20H,3,5,9-10,12-13,16H2,1-2H3,(H,27,30). The normalized spacial score (nSPS) is 16.2. The molecule has 15 nitrogen and oxygen atoms in total. The number of carbonyl (C=O) groups excluding carboxylic acids is 4. The van der Waals surface area contributed by atoms with Crippen molar-refractivity contribution in [3.8, 4) is 0 Å². The molecule has 9 rings (SSSR count). The van der Waals surface area contributed by atoms with E-state index in [1.165, 1.54) is 37.1 Å². The highest BCUT2D eigenvalue weighted by Gasteiger charge is 2.36.